The second-order valence-corrected chi connectivity index (χ2v) is 7.66. The van der Waals surface area contributed by atoms with E-state index < -0.39 is 12.1 Å². The number of H-pyrrole nitrogens is 1. The van der Waals surface area contributed by atoms with Crippen molar-refractivity contribution < 1.29 is 19.4 Å². The summed E-state index contributed by atoms with van der Waals surface area (Å²) in [6.07, 6.45) is 2.82. The van der Waals surface area contributed by atoms with Crippen LogP contribution < -0.4 is 20.9 Å². The van der Waals surface area contributed by atoms with Crippen molar-refractivity contribution in [1.82, 2.24) is 19.5 Å². The van der Waals surface area contributed by atoms with Gasteiger partial charge in [-0.2, -0.15) is 9.97 Å². The van der Waals surface area contributed by atoms with Gasteiger partial charge in [0, 0.05) is 6.42 Å². The van der Waals surface area contributed by atoms with E-state index in [1.54, 1.807) is 0 Å². The number of imidazole rings is 1. The van der Waals surface area contributed by atoms with Crippen LogP contribution in [0, 0.1) is 0 Å². The number of aromatic nitrogens is 4. The molecule has 0 radical (unpaired) electrons. The first-order chi connectivity index (χ1) is 14.5. The van der Waals surface area contributed by atoms with Crippen molar-refractivity contribution in [3.05, 3.63) is 39.3 Å². The molecule has 1 aromatic carbocycles. The Kier molecular flexibility index (Phi) is 4.34. The van der Waals surface area contributed by atoms with E-state index in [-0.39, 0.29) is 24.1 Å². The number of fused-ring (bicyclic) bond motifs is 5. The predicted octanol–water partition coefficient (Wildman–Crippen LogP) is 1.24. The van der Waals surface area contributed by atoms with Gasteiger partial charge in [0.05, 0.1) is 13.2 Å². The first-order valence-corrected chi connectivity index (χ1v) is 9.92. The lowest BCUT2D eigenvalue weighted by atomic mass is 9.98. The van der Waals surface area contributed by atoms with Crippen LogP contribution in [0.4, 0.5) is 5.82 Å². The summed E-state index contributed by atoms with van der Waals surface area (Å²) in [6, 6.07) is 4.04. The van der Waals surface area contributed by atoms with Gasteiger partial charge in [0.1, 0.15) is 11.3 Å². The third kappa shape index (κ3) is 3.14. The minimum absolute atomic E-state index is 0.150. The van der Waals surface area contributed by atoms with Crippen molar-refractivity contribution in [2.24, 2.45) is 0 Å². The van der Waals surface area contributed by atoms with Crippen LogP contribution in [0.15, 0.2) is 16.9 Å². The Labute approximate surface area is 170 Å². The summed E-state index contributed by atoms with van der Waals surface area (Å²) in [5, 5.41) is 9.37. The van der Waals surface area contributed by atoms with Gasteiger partial charge in [-0.15, -0.1) is 0 Å². The monoisotopic (exact) mass is 411 g/mol. The van der Waals surface area contributed by atoms with Crippen molar-refractivity contribution in [3.8, 4) is 11.8 Å². The molecule has 1 unspecified atom stereocenters. The SMILES string of the molecule is Nc1nc2nc3c1[nH]c(=O)n3Cc1cc(c3c(c1)CC(C(=O)O)O3)CCCCCO2. The number of carboxylic acid groups (broad SMARTS) is 1. The number of benzene rings is 1. The number of nitrogen functional groups attached to an aromatic ring is 1. The highest BCUT2D eigenvalue weighted by Crippen LogP contribution is 2.35. The number of aryl methyl sites for hydroxylation is 1. The maximum Gasteiger partial charge on any atom is 0.345 e. The van der Waals surface area contributed by atoms with Crippen molar-refractivity contribution in [1.29, 1.82) is 0 Å². The first kappa shape index (κ1) is 18.5. The molecule has 5 rings (SSSR count). The molecule has 0 amide bonds. The standard InChI is InChI=1S/C20H21N5O5/c21-16-14-17-24-19(23-16)29-5-3-1-2-4-11-6-10(9-25(17)20(28)22-14)7-12-8-13(18(26)27)30-15(11)12/h6-7,13H,1-5,8-9H2,(H,22,28)(H,26,27)(H2,21,23,24). The lowest BCUT2D eigenvalue weighted by Crippen LogP contribution is -2.24. The summed E-state index contributed by atoms with van der Waals surface area (Å²) in [4.78, 5) is 35.3. The molecule has 0 aliphatic carbocycles. The third-order valence-electron chi connectivity index (χ3n) is 5.54. The van der Waals surface area contributed by atoms with E-state index in [0.29, 0.717) is 29.9 Å². The second kappa shape index (κ2) is 7.05. The molecule has 156 valence electrons. The highest BCUT2D eigenvalue weighted by atomic mass is 16.5. The van der Waals surface area contributed by atoms with Crippen LogP contribution in [0.5, 0.6) is 11.8 Å². The van der Waals surface area contributed by atoms with Gasteiger partial charge in [0.25, 0.3) is 0 Å². The number of ether oxygens (including phenoxy) is 2. The van der Waals surface area contributed by atoms with Crippen molar-refractivity contribution >= 4 is 23.0 Å². The normalized spacial score (nSPS) is 18.5. The summed E-state index contributed by atoms with van der Waals surface area (Å²) in [5.41, 5.74) is 9.09. The molecule has 4 N–H and O–H groups in total. The number of anilines is 1. The van der Waals surface area contributed by atoms with Crippen LogP contribution in [0.1, 0.15) is 36.0 Å². The summed E-state index contributed by atoms with van der Waals surface area (Å²) < 4.78 is 12.9. The summed E-state index contributed by atoms with van der Waals surface area (Å²) in [7, 11) is 0. The average Bonchev–Trinajstić information content (AvgIpc) is 3.27. The van der Waals surface area contributed by atoms with Gasteiger partial charge in [-0.05, 0) is 42.4 Å². The fourth-order valence-electron chi connectivity index (χ4n) is 4.11. The zero-order chi connectivity index (χ0) is 20.8. The van der Waals surface area contributed by atoms with Crippen LogP contribution in [0.25, 0.3) is 11.2 Å². The highest BCUT2D eigenvalue weighted by molar-refractivity contribution is 5.82. The predicted molar refractivity (Wildman–Crippen MR) is 107 cm³/mol. The number of carboxylic acids is 1. The maximum atomic E-state index is 12.6. The van der Waals surface area contributed by atoms with Gasteiger partial charge >= 0.3 is 17.7 Å². The Balaban J connectivity index is 1.63. The number of aromatic amines is 1. The van der Waals surface area contributed by atoms with E-state index in [0.717, 1.165) is 42.4 Å². The third-order valence-corrected chi connectivity index (χ3v) is 5.54. The zero-order valence-corrected chi connectivity index (χ0v) is 16.2. The zero-order valence-electron chi connectivity index (χ0n) is 16.2. The van der Waals surface area contributed by atoms with Crippen LogP contribution in [0.3, 0.4) is 0 Å². The minimum atomic E-state index is -0.978. The van der Waals surface area contributed by atoms with E-state index in [9.17, 15) is 14.7 Å². The Morgan fingerprint density at radius 1 is 1.23 bits per heavy atom. The molecule has 4 bridgehead atoms. The molecular formula is C20H21N5O5. The molecule has 0 fully saturated rings. The number of carbonyl (C=O) groups is 1. The van der Waals surface area contributed by atoms with E-state index >= 15 is 0 Å². The number of nitrogens with zero attached hydrogens (tertiary/aromatic N) is 3. The summed E-state index contributed by atoms with van der Waals surface area (Å²) >= 11 is 0. The molecule has 0 saturated carbocycles. The number of nitrogens with one attached hydrogen (secondary N) is 1. The number of nitrogens with two attached hydrogens (primary N) is 1. The summed E-state index contributed by atoms with van der Waals surface area (Å²) in [6.45, 7) is 0.697. The molecule has 2 aliphatic heterocycles. The van der Waals surface area contributed by atoms with Gasteiger partial charge in [-0.1, -0.05) is 12.1 Å². The highest BCUT2D eigenvalue weighted by Gasteiger charge is 2.31. The smallest absolute Gasteiger partial charge is 0.345 e. The molecule has 0 spiro atoms. The molecule has 3 aromatic rings. The van der Waals surface area contributed by atoms with E-state index in [1.807, 2.05) is 12.1 Å². The van der Waals surface area contributed by atoms with Crippen molar-refractivity contribution in [2.45, 2.75) is 44.8 Å². The van der Waals surface area contributed by atoms with Crippen molar-refractivity contribution in [2.75, 3.05) is 12.3 Å². The van der Waals surface area contributed by atoms with Gasteiger partial charge in [-0.25, -0.2) is 9.59 Å². The molecule has 4 heterocycles. The van der Waals surface area contributed by atoms with Crippen LogP contribution in [-0.2, 0) is 24.2 Å². The number of aliphatic carboxylic acids is 1. The Bertz CT molecular complexity index is 1210. The Hall–Kier alpha value is -3.56. The van der Waals surface area contributed by atoms with Gasteiger partial charge < -0.3 is 25.3 Å². The maximum absolute atomic E-state index is 12.6. The quantitative estimate of drug-likeness (QED) is 0.542. The lowest BCUT2D eigenvalue weighted by molar-refractivity contribution is -0.144. The van der Waals surface area contributed by atoms with Crippen LogP contribution >= 0.6 is 0 Å². The van der Waals surface area contributed by atoms with Gasteiger partial charge in [0.2, 0.25) is 0 Å². The summed E-state index contributed by atoms with van der Waals surface area (Å²) in [5.74, 6) is -0.158. The number of hydrogen-bond donors (Lipinski definition) is 3. The van der Waals surface area contributed by atoms with E-state index in [2.05, 4.69) is 15.0 Å². The minimum Gasteiger partial charge on any atom is -0.478 e. The lowest BCUT2D eigenvalue weighted by Gasteiger charge is -2.13. The fraction of sp³-hybridized carbons (Fsp3) is 0.400. The molecule has 1 atom stereocenters. The average molecular weight is 411 g/mol. The molecule has 0 saturated heterocycles. The topological polar surface area (TPSA) is 145 Å². The van der Waals surface area contributed by atoms with E-state index in [4.69, 9.17) is 15.2 Å². The Morgan fingerprint density at radius 2 is 2.07 bits per heavy atom. The second-order valence-electron chi connectivity index (χ2n) is 7.66. The molecule has 2 aliphatic rings. The van der Waals surface area contributed by atoms with E-state index in [1.165, 1.54) is 4.57 Å². The molecule has 10 nitrogen and oxygen atoms in total. The largest absolute Gasteiger partial charge is 0.478 e. The number of rotatable bonds is 1. The van der Waals surface area contributed by atoms with Crippen molar-refractivity contribution in [3.63, 3.8) is 0 Å². The molecular weight excluding hydrogens is 390 g/mol. The molecule has 10 heteroatoms. The Morgan fingerprint density at radius 3 is 2.90 bits per heavy atom. The number of hydrogen-bond acceptors (Lipinski definition) is 7. The van der Waals surface area contributed by atoms with Gasteiger partial charge in [0.15, 0.2) is 17.6 Å². The van der Waals surface area contributed by atoms with Crippen LogP contribution in [0.2, 0.25) is 0 Å². The fourth-order valence-corrected chi connectivity index (χ4v) is 4.11. The molecule has 30 heavy (non-hydrogen) atoms. The first-order valence-electron chi connectivity index (χ1n) is 9.92. The molecule has 2 aromatic heterocycles. The van der Waals surface area contributed by atoms with Crippen LogP contribution in [-0.4, -0.2) is 43.3 Å². The van der Waals surface area contributed by atoms with Gasteiger partial charge in [-0.3, -0.25) is 4.57 Å².